The predicted octanol–water partition coefficient (Wildman–Crippen LogP) is 2.19. The van der Waals surface area contributed by atoms with Crippen LogP contribution in [0.3, 0.4) is 0 Å². The zero-order valence-corrected chi connectivity index (χ0v) is 13.4. The van der Waals surface area contributed by atoms with Gasteiger partial charge in [0.15, 0.2) is 5.11 Å². The molecular formula is C15H19N3O2S. The maximum absolute atomic E-state index is 11.6. The molecule has 0 aromatic heterocycles. The quantitative estimate of drug-likeness (QED) is 0.868. The number of carboxylic acid groups (broad SMARTS) is 1. The van der Waals surface area contributed by atoms with Gasteiger partial charge < -0.3 is 14.9 Å². The zero-order chi connectivity index (χ0) is 15.7. The second kappa shape index (κ2) is 5.81. The highest BCUT2D eigenvalue weighted by atomic mass is 32.1. The van der Waals surface area contributed by atoms with E-state index in [-0.39, 0.29) is 6.04 Å². The van der Waals surface area contributed by atoms with E-state index < -0.39 is 11.9 Å². The summed E-state index contributed by atoms with van der Waals surface area (Å²) in [6, 6.07) is 7.53. The van der Waals surface area contributed by atoms with E-state index >= 15 is 0 Å². The van der Waals surface area contributed by atoms with Crippen molar-refractivity contribution in [3.05, 3.63) is 29.8 Å². The molecule has 21 heavy (non-hydrogen) atoms. The third kappa shape index (κ3) is 2.90. The summed E-state index contributed by atoms with van der Waals surface area (Å²) in [5, 5.41) is 9.95. The molecule has 1 N–H and O–H groups in total. The fraction of sp³-hybridized carbons (Fsp3) is 0.400. The number of nitrogens with zero attached hydrogens (tertiary/aromatic N) is 3. The molecule has 1 aromatic rings. The Hall–Kier alpha value is -1.95. The highest BCUT2D eigenvalue weighted by Crippen LogP contribution is 2.33. The van der Waals surface area contributed by atoms with Crippen LogP contribution in [0.4, 0.5) is 5.69 Å². The zero-order valence-electron chi connectivity index (χ0n) is 12.6. The lowest BCUT2D eigenvalue weighted by Crippen LogP contribution is -2.44. The van der Waals surface area contributed by atoms with Crippen molar-refractivity contribution >= 4 is 34.7 Å². The fourth-order valence-corrected chi connectivity index (χ4v) is 2.83. The summed E-state index contributed by atoms with van der Waals surface area (Å²) >= 11 is 5.23. The third-order valence-electron chi connectivity index (χ3n) is 3.77. The van der Waals surface area contributed by atoms with Gasteiger partial charge in [0.1, 0.15) is 5.92 Å². The Morgan fingerprint density at radius 2 is 1.90 bits per heavy atom. The van der Waals surface area contributed by atoms with Crippen molar-refractivity contribution in [2.45, 2.75) is 13.0 Å². The number of aliphatic imine (C=N–C) groups is 1. The minimum atomic E-state index is -0.882. The summed E-state index contributed by atoms with van der Waals surface area (Å²) in [7, 11) is 5.72. The van der Waals surface area contributed by atoms with Gasteiger partial charge in [0, 0.05) is 32.5 Å². The molecule has 0 spiro atoms. The van der Waals surface area contributed by atoms with Crippen molar-refractivity contribution in [1.82, 2.24) is 4.90 Å². The minimum absolute atomic E-state index is 0.330. The molecule has 0 amide bonds. The standard InChI is InChI=1S/C15H19N3O2S/c1-9-12(14(19)20)13(18(4)15(21)16-9)10-5-7-11(8-6-10)17(2)3/h5-8,12-13H,1-4H3,(H,19,20). The highest BCUT2D eigenvalue weighted by molar-refractivity contribution is 7.80. The van der Waals surface area contributed by atoms with Gasteiger partial charge >= 0.3 is 5.97 Å². The Balaban J connectivity index is 2.45. The Morgan fingerprint density at radius 1 is 1.33 bits per heavy atom. The van der Waals surface area contributed by atoms with Gasteiger partial charge in [-0.3, -0.25) is 4.79 Å². The summed E-state index contributed by atoms with van der Waals surface area (Å²) in [5.41, 5.74) is 2.54. The average Bonchev–Trinajstić information content (AvgIpc) is 2.42. The SMILES string of the molecule is CC1=NC(=S)N(C)C(c2ccc(N(C)C)cc2)C1C(=O)O. The van der Waals surface area contributed by atoms with Crippen LogP contribution < -0.4 is 4.90 Å². The van der Waals surface area contributed by atoms with Crippen LogP contribution in [-0.2, 0) is 4.79 Å². The van der Waals surface area contributed by atoms with E-state index in [4.69, 9.17) is 12.2 Å². The molecule has 0 bridgehead atoms. The number of thiocarbonyl (C=S) groups is 1. The summed E-state index contributed by atoms with van der Waals surface area (Å²) in [6.07, 6.45) is 0. The molecule has 1 aromatic carbocycles. The number of carboxylic acids is 1. The number of anilines is 1. The Morgan fingerprint density at radius 3 is 2.38 bits per heavy atom. The number of hydrogen-bond acceptors (Lipinski definition) is 3. The molecule has 1 aliphatic heterocycles. The molecule has 1 aliphatic rings. The summed E-state index contributed by atoms with van der Waals surface area (Å²) < 4.78 is 0. The van der Waals surface area contributed by atoms with E-state index in [0.29, 0.717) is 10.8 Å². The van der Waals surface area contributed by atoms with Gasteiger partial charge in [-0.25, -0.2) is 4.99 Å². The number of benzene rings is 1. The first-order valence-electron chi connectivity index (χ1n) is 6.65. The van der Waals surface area contributed by atoms with E-state index in [0.717, 1.165) is 11.3 Å². The molecule has 0 fully saturated rings. The topological polar surface area (TPSA) is 56.1 Å². The van der Waals surface area contributed by atoms with Crippen LogP contribution in [0.25, 0.3) is 0 Å². The maximum Gasteiger partial charge on any atom is 0.314 e. The number of rotatable bonds is 3. The molecule has 0 saturated heterocycles. The Bertz CT molecular complexity index is 595. The molecule has 0 radical (unpaired) electrons. The van der Waals surface area contributed by atoms with Crippen LogP contribution >= 0.6 is 12.2 Å². The van der Waals surface area contributed by atoms with E-state index in [1.54, 1.807) is 18.9 Å². The van der Waals surface area contributed by atoms with Gasteiger partial charge in [-0.2, -0.15) is 0 Å². The number of carbonyl (C=O) groups is 1. The molecule has 0 saturated carbocycles. The lowest BCUT2D eigenvalue weighted by atomic mass is 9.87. The maximum atomic E-state index is 11.6. The summed E-state index contributed by atoms with van der Waals surface area (Å²) in [5.74, 6) is -1.57. The fourth-order valence-electron chi connectivity index (χ4n) is 2.57. The highest BCUT2D eigenvalue weighted by Gasteiger charge is 2.39. The van der Waals surface area contributed by atoms with Crippen LogP contribution in [0.2, 0.25) is 0 Å². The molecular weight excluding hydrogens is 286 g/mol. The smallest absolute Gasteiger partial charge is 0.314 e. The average molecular weight is 305 g/mol. The van der Waals surface area contributed by atoms with Gasteiger partial charge in [0.25, 0.3) is 0 Å². The molecule has 2 atom stereocenters. The first-order chi connectivity index (χ1) is 9.82. The van der Waals surface area contributed by atoms with Crippen molar-refractivity contribution in [3.63, 3.8) is 0 Å². The van der Waals surface area contributed by atoms with Crippen LogP contribution in [0, 0.1) is 5.92 Å². The molecule has 1 heterocycles. The number of aliphatic carboxylic acids is 1. The van der Waals surface area contributed by atoms with Crippen molar-refractivity contribution < 1.29 is 9.90 Å². The van der Waals surface area contributed by atoms with Crippen LogP contribution in [0.5, 0.6) is 0 Å². The van der Waals surface area contributed by atoms with Crippen molar-refractivity contribution in [3.8, 4) is 0 Å². The summed E-state index contributed by atoms with van der Waals surface area (Å²) in [4.78, 5) is 19.5. The normalized spacial score (nSPS) is 22.0. The van der Waals surface area contributed by atoms with Crippen molar-refractivity contribution in [2.24, 2.45) is 10.9 Å². The largest absolute Gasteiger partial charge is 0.481 e. The first kappa shape index (κ1) is 15.4. The Labute approximate surface area is 129 Å². The molecule has 6 heteroatoms. The van der Waals surface area contributed by atoms with Crippen molar-refractivity contribution in [2.75, 3.05) is 26.0 Å². The summed E-state index contributed by atoms with van der Waals surface area (Å²) in [6.45, 7) is 1.72. The van der Waals surface area contributed by atoms with Crippen LogP contribution in [-0.4, -0.2) is 47.9 Å². The van der Waals surface area contributed by atoms with Gasteiger partial charge in [-0.15, -0.1) is 0 Å². The van der Waals surface area contributed by atoms with E-state index in [1.165, 1.54) is 0 Å². The van der Waals surface area contributed by atoms with Crippen molar-refractivity contribution in [1.29, 1.82) is 0 Å². The van der Waals surface area contributed by atoms with Gasteiger partial charge in [-0.05, 0) is 36.8 Å². The first-order valence-corrected chi connectivity index (χ1v) is 7.06. The molecule has 0 aliphatic carbocycles. The van der Waals surface area contributed by atoms with Gasteiger partial charge in [0.2, 0.25) is 0 Å². The van der Waals surface area contributed by atoms with Crippen LogP contribution in [0.1, 0.15) is 18.5 Å². The van der Waals surface area contributed by atoms with E-state index in [1.807, 2.05) is 43.3 Å². The number of hydrogen-bond donors (Lipinski definition) is 1. The molecule has 2 unspecified atom stereocenters. The van der Waals surface area contributed by atoms with Gasteiger partial charge in [-0.1, -0.05) is 12.1 Å². The second-order valence-electron chi connectivity index (χ2n) is 5.39. The predicted molar refractivity (Wildman–Crippen MR) is 88.1 cm³/mol. The Kier molecular flexibility index (Phi) is 4.27. The van der Waals surface area contributed by atoms with Crippen LogP contribution in [0.15, 0.2) is 29.3 Å². The molecule has 5 nitrogen and oxygen atoms in total. The lowest BCUT2D eigenvalue weighted by molar-refractivity contribution is -0.141. The molecule has 112 valence electrons. The van der Waals surface area contributed by atoms with E-state index in [2.05, 4.69) is 4.99 Å². The lowest BCUT2D eigenvalue weighted by Gasteiger charge is -2.37. The third-order valence-corrected chi connectivity index (χ3v) is 4.15. The molecule has 2 rings (SSSR count). The van der Waals surface area contributed by atoms with E-state index in [9.17, 15) is 9.90 Å². The monoisotopic (exact) mass is 305 g/mol. The second-order valence-corrected chi connectivity index (χ2v) is 5.76. The van der Waals surface area contributed by atoms with Gasteiger partial charge in [0.05, 0.1) is 6.04 Å². The minimum Gasteiger partial charge on any atom is -0.481 e.